The van der Waals surface area contributed by atoms with E-state index in [0.29, 0.717) is 5.56 Å². The lowest BCUT2D eigenvalue weighted by atomic mass is 10.1. The minimum absolute atomic E-state index is 0.102. The van der Waals surface area contributed by atoms with Crippen molar-refractivity contribution in [3.63, 3.8) is 0 Å². The summed E-state index contributed by atoms with van der Waals surface area (Å²) in [6, 6.07) is 14.6. The number of ketones is 1. The van der Waals surface area contributed by atoms with Crippen LogP contribution in [-0.4, -0.2) is 30.8 Å². The summed E-state index contributed by atoms with van der Waals surface area (Å²) in [5, 5.41) is 0. The van der Waals surface area contributed by atoms with Gasteiger partial charge >= 0.3 is 5.97 Å². The molecule has 0 radical (unpaired) electrons. The van der Waals surface area contributed by atoms with E-state index < -0.39 is 11.9 Å². The first-order chi connectivity index (χ1) is 12.5. The molecule has 3 rings (SSSR count). The molecule has 0 unspecified atom stereocenters. The molecule has 0 aromatic heterocycles. The molecule has 5 heteroatoms. The van der Waals surface area contributed by atoms with E-state index in [1.807, 2.05) is 38.1 Å². The predicted molar refractivity (Wildman–Crippen MR) is 98.1 cm³/mol. The molecule has 0 aliphatic carbocycles. The zero-order valence-electron chi connectivity index (χ0n) is 14.9. The Bertz CT molecular complexity index is 844. The number of carbonyl (C=O) groups is 3. The second kappa shape index (κ2) is 7.52. The van der Waals surface area contributed by atoms with Crippen molar-refractivity contribution in [1.29, 1.82) is 0 Å². The Morgan fingerprint density at radius 3 is 2.58 bits per heavy atom. The van der Waals surface area contributed by atoms with E-state index >= 15 is 0 Å². The lowest BCUT2D eigenvalue weighted by Gasteiger charge is -2.19. The third-order valence-corrected chi connectivity index (χ3v) is 4.56. The molecule has 0 bridgehead atoms. The van der Waals surface area contributed by atoms with Crippen LogP contribution in [0.2, 0.25) is 0 Å². The SMILES string of the molecule is Cc1ccc(C)c(N2C[C@@H](C(=O)OCC(=O)c3ccccc3)CC2=O)c1. The van der Waals surface area contributed by atoms with Gasteiger partial charge in [0.2, 0.25) is 5.91 Å². The molecular formula is C21H21NO4. The van der Waals surface area contributed by atoms with E-state index in [-0.39, 0.29) is 31.3 Å². The smallest absolute Gasteiger partial charge is 0.311 e. The van der Waals surface area contributed by atoms with E-state index in [4.69, 9.17) is 4.74 Å². The van der Waals surface area contributed by atoms with Crippen molar-refractivity contribution in [1.82, 2.24) is 0 Å². The van der Waals surface area contributed by atoms with Crippen LogP contribution in [0.15, 0.2) is 48.5 Å². The molecule has 1 heterocycles. The molecule has 1 atom stereocenters. The fourth-order valence-electron chi connectivity index (χ4n) is 3.07. The van der Waals surface area contributed by atoms with Crippen molar-refractivity contribution in [2.45, 2.75) is 20.3 Å². The first-order valence-corrected chi connectivity index (χ1v) is 8.58. The van der Waals surface area contributed by atoms with E-state index in [1.165, 1.54) is 0 Å². The van der Waals surface area contributed by atoms with E-state index in [1.54, 1.807) is 29.2 Å². The molecule has 0 saturated carbocycles. The van der Waals surface area contributed by atoms with Gasteiger partial charge in [0.05, 0.1) is 5.92 Å². The third kappa shape index (κ3) is 3.82. The Kier molecular flexibility index (Phi) is 5.16. The van der Waals surface area contributed by atoms with Crippen molar-refractivity contribution < 1.29 is 19.1 Å². The summed E-state index contributed by atoms with van der Waals surface area (Å²) < 4.78 is 5.16. The van der Waals surface area contributed by atoms with Gasteiger partial charge in [0.1, 0.15) is 0 Å². The van der Waals surface area contributed by atoms with Gasteiger partial charge in [-0.1, -0.05) is 42.5 Å². The molecule has 0 N–H and O–H groups in total. The van der Waals surface area contributed by atoms with Crippen LogP contribution in [0.1, 0.15) is 27.9 Å². The Morgan fingerprint density at radius 1 is 1.12 bits per heavy atom. The minimum Gasteiger partial charge on any atom is -0.457 e. The largest absolute Gasteiger partial charge is 0.457 e. The summed E-state index contributed by atoms with van der Waals surface area (Å²) in [6.45, 7) is 3.87. The second-order valence-corrected chi connectivity index (χ2v) is 6.59. The van der Waals surface area contributed by atoms with Gasteiger partial charge in [0.15, 0.2) is 12.4 Å². The van der Waals surface area contributed by atoms with Crippen molar-refractivity contribution in [2.75, 3.05) is 18.1 Å². The number of hydrogen-bond acceptors (Lipinski definition) is 4. The summed E-state index contributed by atoms with van der Waals surface area (Å²) >= 11 is 0. The molecule has 1 aliphatic heterocycles. The average Bonchev–Trinajstić information content (AvgIpc) is 3.03. The van der Waals surface area contributed by atoms with E-state index in [2.05, 4.69) is 0 Å². The van der Waals surface area contributed by atoms with Crippen LogP contribution >= 0.6 is 0 Å². The Balaban J connectivity index is 1.62. The summed E-state index contributed by atoms with van der Waals surface area (Å²) in [6.07, 6.45) is 0.103. The molecule has 1 amide bonds. The standard InChI is InChI=1S/C21H21NO4/c1-14-8-9-15(2)18(10-14)22-12-17(11-20(22)24)21(25)26-13-19(23)16-6-4-3-5-7-16/h3-10,17H,11-13H2,1-2H3/t17-/m0/s1. The van der Waals surface area contributed by atoms with Crippen LogP contribution < -0.4 is 4.90 Å². The number of rotatable bonds is 5. The average molecular weight is 351 g/mol. The van der Waals surface area contributed by atoms with Crippen molar-refractivity contribution >= 4 is 23.3 Å². The normalized spacial score (nSPS) is 16.6. The van der Waals surface area contributed by atoms with Crippen LogP contribution in [0.5, 0.6) is 0 Å². The highest BCUT2D eigenvalue weighted by Gasteiger charge is 2.36. The quantitative estimate of drug-likeness (QED) is 0.613. The monoisotopic (exact) mass is 351 g/mol. The van der Waals surface area contributed by atoms with Gasteiger partial charge in [-0.2, -0.15) is 0 Å². The van der Waals surface area contributed by atoms with Gasteiger partial charge in [-0.05, 0) is 31.0 Å². The number of ether oxygens (including phenoxy) is 1. The summed E-state index contributed by atoms with van der Waals surface area (Å²) in [5.41, 5.74) is 3.36. The van der Waals surface area contributed by atoms with E-state index in [0.717, 1.165) is 16.8 Å². The maximum atomic E-state index is 12.4. The van der Waals surface area contributed by atoms with Gasteiger partial charge < -0.3 is 9.64 Å². The molecule has 1 saturated heterocycles. The molecule has 1 fully saturated rings. The molecule has 2 aromatic rings. The number of hydrogen-bond donors (Lipinski definition) is 0. The molecule has 134 valence electrons. The Labute approximate surface area is 152 Å². The predicted octanol–water partition coefficient (Wildman–Crippen LogP) is 3.08. The highest BCUT2D eigenvalue weighted by Crippen LogP contribution is 2.29. The minimum atomic E-state index is -0.550. The molecule has 0 spiro atoms. The fraction of sp³-hybridized carbons (Fsp3) is 0.286. The topological polar surface area (TPSA) is 63.7 Å². The van der Waals surface area contributed by atoms with Crippen LogP contribution in [0.3, 0.4) is 0 Å². The maximum absolute atomic E-state index is 12.4. The number of nitrogens with zero attached hydrogens (tertiary/aromatic N) is 1. The zero-order valence-corrected chi connectivity index (χ0v) is 14.9. The lowest BCUT2D eigenvalue weighted by Crippen LogP contribution is -2.27. The van der Waals surface area contributed by atoms with Crippen molar-refractivity contribution in [2.24, 2.45) is 5.92 Å². The van der Waals surface area contributed by atoms with Crippen molar-refractivity contribution in [3.8, 4) is 0 Å². The number of esters is 1. The third-order valence-electron chi connectivity index (χ3n) is 4.56. The summed E-state index contributed by atoms with van der Waals surface area (Å²) in [4.78, 5) is 38.3. The molecule has 1 aliphatic rings. The first-order valence-electron chi connectivity index (χ1n) is 8.58. The number of carbonyl (C=O) groups excluding carboxylic acids is 3. The number of benzene rings is 2. The molecule has 5 nitrogen and oxygen atoms in total. The van der Waals surface area contributed by atoms with Crippen LogP contribution in [-0.2, 0) is 14.3 Å². The maximum Gasteiger partial charge on any atom is 0.311 e. The number of anilines is 1. The zero-order chi connectivity index (χ0) is 18.7. The Hall–Kier alpha value is -2.95. The molecule has 26 heavy (non-hydrogen) atoms. The number of amides is 1. The first kappa shape index (κ1) is 17.9. The second-order valence-electron chi connectivity index (χ2n) is 6.59. The molecular weight excluding hydrogens is 330 g/mol. The summed E-state index contributed by atoms with van der Waals surface area (Å²) in [5.74, 6) is -1.41. The van der Waals surface area contributed by atoms with Crippen LogP contribution in [0.25, 0.3) is 0 Å². The number of Topliss-reactive ketones (excluding diaryl/α,β-unsaturated/α-hetero) is 1. The van der Waals surface area contributed by atoms with Crippen LogP contribution in [0.4, 0.5) is 5.69 Å². The van der Waals surface area contributed by atoms with Crippen molar-refractivity contribution in [3.05, 3.63) is 65.2 Å². The highest BCUT2D eigenvalue weighted by molar-refractivity contribution is 6.01. The Morgan fingerprint density at radius 2 is 1.85 bits per heavy atom. The fourth-order valence-corrected chi connectivity index (χ4v) is 3.07. The van der Waals surface area contributed by atoms with Gasteiger partial charge in [-0.3, -0.25) is 14.4 Å². The lowest BCUT2D eigenvalue weighted by molar-refractivity contribution is -0.147. The summed E-state index contributed by atoms with van der Waals surface area (Å²) in [7, 11) is 0. The van der Waals surface area contributed by atoms with Gasteiger partial charge in [0.25, 0.3) is 0 Å². The number of aryl methyl sites for hydroxylation is 2. The highest BCUT2D eigenvalue weighted by atomic mass is 16.5. The van der Waals surface area contributed by atoms with Gasteiger partial charge in [-0.15, -0.1) is 0 Å². The van der Waals surface area contributed by atoms with Crippen LogP contribution in [0, 0.1) is 19.8 Å². The van der Waals surface area contributed by atoms with Gasteiger partial charge in [-0.25, -0.2) is 0 Å². The van der Waals surface area contributed by atoms with Gasteiger partial charge in [0, 0.05) is 24.2 Å². The molecule has 2 aromatic carbocycles. The van der Waals surface area contributed by atoms with E-state index in [9.17, 15) is 14.4 Å².